The van der Waals surface area contributed by atoms with Crippen molar-refractivity contribution in [2.24, 2.45) is 0 Å². The molecule has 2 N–H and O–H groups in total. The third kappa shape index (κ3) is 3.37. The van der Waals surface area contributed by atoms with Gasteiger partial charge in [0.25, 0.3) is 5.91 Å². The largest absolute Gasteiger partial charge is 0.451 e. The second kappa shape index (κ2) is 6.31. The molecule has 0 saturated carbocycles. The van der Waals surface area contributed by atoms with Crippen molar-refractivity contribution in [3.05, 3.63) is 60.5 Å². The summed E-state index contributed by atoms with van der Waals surface area (Å²) in [5.74, 6) is -0.191. The lowest BCUT2D eigenvalue weighted by Gasteiger charge is -2.12. The summed E-state index contributed by atoms with van der Waals surface area (Å²) in [7, 11) is 0. The topological polar surface area (TPSA) is 84.2 Å². The van der Waals surface area contributed by atoms with Gasteiger partial charge in [0.15, 0.2) is 5.76 Å². The number of nitrogens with zero attached hydrogens (tertiary/aromatic N) is 1. The lowest BCUT2D eigenvalue weighted by Crippen LogP contribution is -2.41. The first-order valence-corrected chi connectivity index (χ1v) is 7.15. The Kier molecular flexibility index (Phi) is 4.05. The molecule has 0 aliphatic heterocycles. The van der Waals surface area contributed by atoms with Gasteiger partial charge in [-0.1, -0.05) is 24.3 Å². The highest BCUT2D eigenvalue weighted by atomic mass is 16.3. The molecule has 3 aromatic rings. The molecule has 0 aliphatic carbocycles. The zero-order valence-corrected chi connectivity index (χ0v) is 12.4. The Bertz CT molecular complexity index is 809. The Morgan fingerprint density at radius 1 is 1.13 bits per heavy atom. The number of benzene rings is 1. The van der Waals surface area contributed by atoms with Gasteiger partial charge in [0.1, 0.15) is 17.4 Å². The Morgan fingerprint density at radius 3 is 2.65 bits per heavy atom. The van der Waals surface area contributed by atoms with Gasteiger partial charge in [-0.15, -0.1) is 0 Å². The summed E-state index contributed by atoms with van der Waals surface area (Å²) >= 11 is 0. The number of para-hydroxylation sites is 1. The standard InChI is InChI=1S/C17H15N3O3/c1-11(16(21)20-15-8-4-5-9-18-15)19-17(22)14-10-12-6-2-3-7-13(12)23-14/h2-11H,1H3,(H,19,22)(H,18,20,21)/t11-/m1/s1. The fourth-order valence-corrected chi connectivity index (χ4v) is 2.10. The SMILES string of the molecule is C[C@@H](NC(=O)c1cc2ccccc2o1)C(=O)Nc1ccccn1. The van der Waals surface area contributed by atoms with Crippen LogP contribution in [0, 0.1) is 0 Å². The van der Waals surface area contributed by atoms with Gasteiger partial charge in [-0.3, -0.25) is 9.59 Å². The minimum absolute atomic E-state index is 0.170. The molecule has 6 heteroatoms. The molecule has 0 spiro atoms. The predicted molar refractivity (Wildman–Crippen MR) is 86.0 cm³/mol. The smallest absolute Gasteiger partial charge is 0.287 e. The molecule has 6 nitrogen and oxygen atoms in total. The Hall–Kier alpha value is -3.15. The molecule has 2 heterocycles. The van der Waals surface area contributed by atoms with Crippen molar-refractivity contribution in [2.75, 3.05) is 5.32 Å². The van der Waals surface area contributed by atoms with Gasteiger partial charge >= 0.3 is 0 Å². The average molecular weight is 309 g/mol. The Balaban J connectivity index is 1.65. The highest BCUT2D eigenvalue weighted by Crippen LogP contribution is 2.18. The van der Waals surface area contributed by atoms with Crippen LogP contribution in [-0.4, -0.2) is 22.8 Å². The van der Waals surface area contributed by atoms with Crippen molar-refractivity contribution < 1.29 is 14.0 Å². The van der Waals surface area contributed by atoms with Crippen molar-refractivity contribution in [2.45, 2.75) is 13.0 Å². The lowest BCUT2D eigenvalue weighted by molar-refractivity contribution is -0.117. The maximum atomic E-state index is 12.2. The van der Waals surface area contributed by atoms with E-state index in [0.29, 0.717) is 11.4 Å². The first kappa shape index (κ1) is 14.8. The summed E-state index contributed by atoms with van der Waals surface area (Å²) < 4.78 is 5.47. The molecule has 0 saturated heterocycles. The van der Waals surface area contributed by atoms with Crippen LogP contribution in [0.4, 0.5) is 5.82 Å². The summed E-state index contributed by atoms with van der Waals surface area (Å²) in [5.41, 5.74) is 0.628. The number of nitrogens with one attached hydrogen (secondary N) is 2. The molecule has 0 bridgehead atoms. The first-order valence-electron chi connectivity index (χ1n) is 7.15. The predicted octanol–water partition coefficient (Wildman–Crippen LogP) is 2.58. The van der Waals surface area contributed by atoms with E-state index < -0.39 is 11.9 Å². The normalized spacial score (nSPS) is 11.9. The number of pyridine rings is 1. The third-order valence-corrected chi connectivity index (χ3v) is 3.31. The number of hydrogen-bond donors (Lipinski definition) is 2. The molecule has 0 fully saturated rings. The minimum atomic E-state index is -0.724. The van der Waals surface area contributed by atoms with E-state index in [1.165, 1.54) is 0 Å². The number of hydrogen-bond acceptors (Lipinski definition) is 4. The van der Waals surface area contributed by atoms with Gasteiger partial charge in [0.2, 0.25) is 5.91 Å². The van der Waals surface area contributed by atoms with Gasteiger partial charge in [-0.2, -0.15) is 0 Å². The maximum absolute atomic E-state index is 12.2. The number of rotatable bonds is 4. The van der Waals surface area contributed by atoms with E-state index in [-0.39, 0.29) is 11.7 Å². The Morgan fingerprint density at radius 2 is 1.91 bits per heavy atom. The molecule has 3 rings (SSSR count). The number of furan rings is 1. The Labute approximate surface area is 132 Å². The van der Waals surface area contributed by atoms with Gasteiger partial charge in [-0.05, 0) is 31.2 Å². The van der Waals surface area contributed by atoms with Gasteiger partial charge in [0, 0.05) is 11.6 Å². The number of aromatic nitrogens is 1. The van der Waals surface area contributed by atoms with Crippen LogP contribution in [0.25, 0.3) is 11.0 Å². The molecule has 0 unspecified atom stereocenters. The van der Waals surface area contributed by atoms with Crippen LogP contribution in [0.3, 0.4) is 0 Å². The van der Waals surface area contributed by atoms with Gasteiger partial charge in [-0.25, -0.2) is 4.98 Å². The number of fused-ring (bicyclic) bond motifs is 1. The fraction of sp³-hybridized carbons (Fsp3) is 0.118. The van der Waals surface area contributed by atoms with Crippen LogP contribution in [0.5, 0.6) is 0 Å². The summed E-state index contributed by atoms with van der Waals surface area (Å²) in [5, 5.41) is 6.07. The zero-order chi connectivity index (χ0) is 16.2. The highest BCUT2D eigenvalue weighted by Gasteiger charge is 2.19. The molecule has 0 aliphatic rings. The van der Waals surface area contributed by atoms with E-state index in [1.54, 1.807) is 43.5 Å². The molecule has 2 amide bonds. The van der Waals surface area contributed by atoms with Crippen LogP contribution in [0.2, 0.25) is 0 Å². The highest BCUT2D eigenvalue weighted by molar-refractivity contribution is 6.01. The van der Waals surface area contributed by atoms with E-state index in [4.69, 9.17) is 4.42 Å². The number of anilines is 1. The van der Waals surface area contributed by atoms with Crippen molar-refractivity contribution in [1.29, 1.82) is 0 Å². The fourth-order valence-electron chi connectivity index (χ4n) is 2.10. The van der Waals surface area contributed by atoms with E-state index in [0.717, 1.165) is 5.39 Å². The van der Waals surface area contributed by atoms with Crippen molar-refractivity contribution in [3.63, 3.8) is 0 Å². The van der Waals surface area contributed by atoms with E-state index >= 15 is 0 Å². The number of carbonyl (C=O) groups is 2. The monoisotopic (exact) mass is 309 g/mol. The van der Waals surface area contributed by atoms with Crippen LogP contribution in [0.1, 0.15) is 17.5 Å². The van der Waals surface area contributed by atoms with E-state index in [2.05, 4.69) is 15.6 Å². The summed E-state index contributed by atoms with van der Waals surface area (Å²) in [4.78, 5) is 28.2. The molecule has 1 aromatic carbocycles. The lowest BCUT2D eigenvalue weighted by atomic mass is 10.2. The molecule has 116 valence electrons. The van der Waals surface area contributed by atoms with Crippen molar-refractivity contribution in [3.8, 4) is 0 Å². The second-order valence-corrected chi connectivity index (χ2v) is 5.05. The second-order valence-electron chi connectivity index (χ2n) is 5.05. The van der Waals surface area contributed by atoms with Gasteiger partial charge in [0.05, 0.1) is 0 Å². The third-order valence-electron chi connectivity index (χ3n) is 3.31. The summed E-state index contributed by atoms with van der Waals surface area (Å²) in [6.45, 7) is 1.60. The van der Waals surface area contributed by atoms with Crippen LogP contribution in [0.15, 0.2) is 59.1 Å². The van der Waals surface area contributed by atoms with E-state index in [9.17, 15) is 9.59 Å². The molecule has 0 radical (unpaired) electrons. The average Bonchev–Trinajstić information content (AvgIpc) is 3.00. The van der Waals surface area contributed by atoms with Crippen LogP contribution >= 0.6 is 0 Å². The quantitative estimate of drug-likeness (QED) is 0.776. The van der Waals surface area contributed by atoms with Crippen LogP contribution < -0.4 is 10.6 Å². The van der Waals surface area contributed by atoms with Crippen molar-refractivity contribution >= 4 is 28.6 Å². The van der Waals surface area contributed by atoms with E-state index in [1.807, 2.05) is 18.2 Å². The summed E-state index contributed by atoms with van der Waals surface area (Å²) in [6.07, 6.45) is 1.58. The molecule has 23 heavy (non-hydrogen) atoms. The zero-order valence-electron chi connectivity index (χ0n) is 12.4. The molecular formula is C17H15N3O3. The molecule has 1 atom stereocenters. The number of carbonyl (C=O) groups excluding carboxylic acids is 2. The van der Waals surface area contributed by atoms with Crippen molar-refractivity contribution in [1.82, 2.24) is 10.3 Å². The van der Waals surface area contributed by atoms with Gasteiger partial charge < -0.3 is 15.1 Å². The summed E-state index contributed by atoms with van der Waals surface area (Å²) in [6, 6.07) is 13.4. The molecule has 2 aromatic heterocycles. The number of amides is 2. The minimum Gasteiger partial charge on any atom is -0.451 e. The first-order chi connectivity index (χ1) is 11.1. The molecular weight excluding hydrogens is 294 g/mol. The van der Waals surface area contributed by atoms with Crippen LogP contribution in [-0.2, 0) is 4.79 Å². The maximum Gasteiger partial charge on any atom is 0.287 e.